The molecule has 0 aliphatic heterocycles. The van der Waals surface area contributed by atoms with Gasteiger partial charge >= 0.3 is 0 Å². The molecule has 104 valence electrons. The first-order valence-corrected chi connectivity index (χ1v) is 7.46. The van der Waals surface area contributed by atoms with Crippen LogP contribution in [0.4, 0.5) is 4.39 Å². The van der Waals surface area contributed by atoms with Gasteiger partial charge in [0, 0.05) is 6.42 Å². The van der Waals surface area contributed by atoms with E-state index in [1.54, 1.807) is 12.1 Å². The first kappa shape index (κ1) is 14.7. The van der Waals surface area contributed by atoms with Gasteiger partial charge in [-0.05, 0) is 52.4 Å². The molecule has 0 saturated heterocycles. The van der Waals surface area contributed by atoms with Crippen molar-refractivity contribution in [2.75, 3.05) is 0 Å². The first-order chi connectivity index (χ1) is 8.90. The van der Waals surface area contributed by atoms with Crippen molar-refractivity contribution in [2.45, 2.75) is 44.6 Å². The van der Waals surface area contributed by atoms with Crippen molar-refractivity contribution in [3.63, 3.8) is 0 Å². The lowest BCUT2D eigenvalue weighted by Gasteiger charge is -2.35. The van der Waals surface area contributed by atoms with Crippen molar-refractivity contribution in [3.05, 3.63) is 34.1 Å². The van der Waals surface area contributed by atoms with Gasteiger partial charge in [0.1, 0.15) is 5.82 Å². The third-order valence-electron chi connectivity index (χ3n) is 3.94. The molecule has 2 atom stereocenters. The van der Waals surface area contributed by atoms with E-state index in [0.29, 0.717) is 10.4 Å². The molecule has 1 fully saturated rings. The third kappa shape index (κ3) is 3.42. The first-order valence-electron chi connectivity index (χ1n) is 6.67. The Bertz CT molecular complexity index is 491. The second kappa shape index (κ2) is 5.71. The number of benzene rings is 1. The van der Waals surface area contributed by atoms with E-state index in [-0.39, 0.29) is 18.0 Å². The smallest absolute Gasteiger partial charge is 0.157 e. The highest BCUT2D eigenvalue weighted by Gasteiger charge is 2.37. The highest BCUT2D eigenvalue weighted by Crippen LogP contribution is 2.32. The van der Waals surface area contributed by atoms with Crippen LogP contribution in [0.2, 0.25) is 0 Å². The van der Waals surface area contributed by atoms with Crippen LogP contribution in [-0.4, -0.2) is 11.3 Å². The fourth-order valence-electron chi connectivity index (χ4n) is 2.86. The monoisotopic (exact) mass is 327 g/mol. The SMILES string of the molecule is CC1CCCC(N)(C(=O)Cc2ccc(F)c(Br)c2)C1. The zero-order chi connectivity index (χ0) is 14.0. The van der Waals surface area contributed by atoms with E-state index in [2.05, 4.69) is 22.9 Å². The lowest BCUT2D eigenvalue weighted by Crippen LogP contribution is -2.51. The highest BCUT2D eigenvalue weighted by molar-refractivity contribution is 9.10. The van der Waals surface area contributed by atoms with Gasteiger partial charge in [-0.25, -0.2) is 4.39 Å². The number of carbonyl (C=O) groups is 1. The minimum absolute atomic E-state index is 0.0672. The van der Waals surface area contributed by atoms with E-state index in [0.717, 1.165) is 31.2 Å². The molecule has 4 heteroatoms. The van der Waals surface area contributed by atoms with E-state index in [1.807, 2.05) is 0 Å². The average Bonchev–Trinajstić information content (AvgIpc) is 2.33. The third-order valence-corrected chi connectivity index (χ3v) is 4.54. The van der Waals surface area contributed by atoms with Crippen LogP contribution in [0.3, 0.4) is 0 Å². The number of rotatable bonds is 3. The Kier molecular flexibility index (Phi) is 4.41. The van der Waals surface area contributed by atoms with Gasteiger partial charge in [-0.3, -0.25) is 4.79 Å². The molecule has 1 aromatic rings. The van der Waals surface area contributed by atoms with Crippen LogP contribution in [0.1, 0.15) is 38.2 Å². The van der Waals surface area contributed by atoms with Crippen molar-refractivity contribution < 1.29 is 9.18 Å². The van der Waals surface area contributed by atoms with Crippen LogP contribution in [0.5, 0.6) is 0 Å². The lowest BCUT2D eigenvalue weighted by atomic mass is 9.73. The second-order valence-corrected chi connectivity index (χ2v) is 6.56. The van der Waals surface area contributed by atoms with Gasteiger partial charge in [0.15, 0.2) is 5.78 Å². The van der Waals surface area contributed by atoms with Crippen molar-refractivity contribution in [1.29, 1.82) is 0 Å². The molecule has 2 N–H and O–H groups in total. The fraction of sp³-hybridized carbons (Fsp3) is 0.533. The van der Waals surface area contributed by atoms with E-state index >= 15 is 0 Å². The molecule has 1 aromatic carbocycles. The summed E-state index contributed by atoms with van der Waals surface area (Å²) in [5, 5.41) is 0. The molecule has 1 saturated carbocycles. The van der Waals surface area contributed by atoms with E-state index in [9.17, 15) is 9.18 Å². The summed E-state index contributed by atoms with van der Waals surface area (Å²) >= 11 is 3.14. The molecule has 19 heavy (non-hydrogen) atoms. The van der Waals surface area contributed by atoms with Crippen molar-refractivity contribution in [3.8, 4) is 0 Å². The maximum absolute atomic E-state index is 13.2. The predicted octanol–water partition coefficient (Wildman–Crippen LogP) is 3.61. The lowest BCUT2D eigenvalue weighted by molar-refractivity contribution is -0.125. The van der Waals surface area contributed by atoms with Crippen LogP contribution in [0, 0.1) is 11.7 Å². The maximum Gasteiger partial charge on any atom is 0.157 e. The van der Waals surface area contributed by atoms with Gasteiger partial charge in [0.05, 0.1) is 10.0 Å². The fourth-order valence-corrected chi connectivity index (χ4v) is 3.28. The minimum Gasteiger partial charge on any atom is -0.319 e. The molecular weight excluding hydrogens is 309 g/mol. The summed E-state index contributed by atoms with van der Waals surface area (Å²) in [6, 6.07) is 4.68. The molecule has 0 spiro atoms. The standard InChI is InChI=1S/C15H19BrFNO/c1-10-3-2-6-15(18,9-10)14(19)8-11-4-5-13(17)12(16)7-11/h4-5,7,10H,2-3,6,8-9,18H2,1H3. The van der Waals surface area contributed by atoms with Gasteiger partial charge in [-0.2, -0.15) is 0 Å². The highest BCUT2D eigenvalue weighted by atomic mass is 79.9. The van der Waals surface area contributed by atoms with Crippen LogP contribution >= 0.6 is 15.9 Å². The number of ketones is 1. The Morgan fingerprint density at radius 2 is 2.32 bits per heavy atom. The number of halogens is 2. The molecule has 0 amide bonds. The molecule has 2 unspecified atom stereocenters. The summed E-state index contributed by atoms with van der Waals surface area (Å²) in [6.45, 7) is 2.14. The van der Waals surface area contributed by atoms with Crippen LogP contribution in [-0.2, 0) is 11.2 Å². The zero-order valence-electron chi connectivity index (χ0n) is 11.1. The predicted molar refractivity (Wildman–Crippen MR) is 77.4 cm³/mol. The Labute approximate surface area is 121 Å². The molecule has 1 aliphatic carbocycles. The number of hydrogen-bond donors (Lipinski definition) is 1. The largest absolute Gasteiger partial charge is 0.319 e. The van der Waals surface area contributed by atoms with E-state index in [4.69, 9.17) is 5.73 Å². The molecule has 0 heterocycles. The number of Topliss-reactive ketones (excluding diaryl/α,β-unsaturated/α-hetero) is 1. The molecule has 2 rings (SSSR count). The topological polar surface area (TPSA) is 43.1 Å². The molecule has 2 nitrogen and oxygen atoms in total. The quantitative estimate of drug-likeness (QED) is 0.921. The number of hydrogen-bond acceptors (Lipinski definition) is 2. The van der Waals surface area contributed by atoms with Crippen molar-refractivity contribution in [1.82, 2.24) is 0 Å². The second-order valence-electron chi connectivity index (χ2n) is 5.71. The van der Waals surface area contributed by atoms with Gasteiger partial charge in [-0.1, -0.05) is 25.8 Å². The van der Waals surface area contributed by atoms with Gasteiger partial charge in [0.25, 0.3) is 0 Å². The van der Waals surface area contributed by atoms with E-state index in [1.165, 1.54) is 6.07 Å². The number of nitrogens with two attached hydrogens (primary N) is 1. The van der Waals surface area contributed by atoms with Gasteiger partial charge in [-0.15, -0.1) is 0 Å². The normalized spacial score (nSPS) is 27.3. The summed E-state index contributed by atoms with van der Waals surface area (Å²) in [4.78, 5) is 12.4. The molecule has 1 aliphatic rings. The summed E-state index contributed by atoms with van der Waals surface area (Å²) < 4.78 is 13.6. The summed E-state index contributed by atoms with van der Waals surface area (Å²) in [5.41, 5.74) is 6.38. The van der Waals surface area contributed by atoms with Gasteiger partial charge < -0.3 is 5.73 Å². The zero-order valence-corrected chi connectivity index (χ0v) is 12.7. The Morgan fingerprint density at radius 1 is 1.58 bits per heavy atom. The van der Waals surface area contributed by atoms with Crippen LogP contribution in [0.25, 0.3) is 0 Å². The van der Waals surface area contributed by atoms with Crippen LogP contribution < -0.4 is 5.73 Å². The average molecular weight is 328 g/mol. The minimum atomic E-state index is -0.696. The summed E-state index contributed by atoms with van der Waals surface area (Å²) in [6.07, 6.45) is 3.96. The molecule has 0 aromatic heterocycles. The van der Waals surface area contributed by atoms with Gasteiger partial charge in [0.2, 0.25) is 0 Å². The number of carbonyl (C=O) groups excluding carboxylic acids is 1. The molecule has 0 bridgehead atoms. The maximum atomic E-state index is 13.2. The molecule has 0 radical (unpaired) electrons. The van der Waals surface area contributed by atoms with Crippen molar-refractivity contribution >= 4 is 21.7 Å². The Hall–Kier alpha value is -0.740. The summed E-state index contributed by atoms with van der Waals surface area (Å²) in [5.74, 6) is 0.255. The summed E-state index contributed by atoms with van der Waals surface area (Å²) in [7, 11) is 0. The Morgan fingerprint density at radius 3 is 2.95 bits per heavy atom. The van der Waals surface area contributed by atoms with Crippen molar-refractivity contribution in [2.24, 2.45) is 11.7 Å². The van der Waals surface area contributed by atoms with E-state index < -0.39 is 5.54 Å². The Balaban J connectivity index is 2.09. The van der Waals surface area contributed by atoms with Crippen LogP contribution in [0.15, 0.2) is 22.7 Å². The molecular formula is C15H19BrFNO.